The van der Waals surface area contributed by atoms with Crippen molar-refractivity contribution in [3.8, 4) is 0 Å². The fourth-order valence-corrected chi connectivity index (χ4v) is 2.25. The van der Waals surface area contributed by atoms with E-state index in [-0.39, 0.29) is 12.0 Å². The summed E-state index contributed by atoms with van der Waals surface area (Å²) in [7, 11) is 0. The van der Waals surface area contributed by atoms with Crippen molar-refractivity contribution in [1.82, 2.24) is 0 Å². The number of halogens is 5. The summed E-state index contributed by atoms with van der Waals surface area (Å²) in [6, 6.07) is 5.12. The summed E-state index contributed by atoms with van der Waals surface area (Å²) < 4.78 is 53.4. The van der Waals surface area contributed by atoms with Gasteiger partial charge in [0.1, 0.15) is 5.82 Å². The summed E-state index contributed by atoms with van der Waals surface area (Å²) in [5, 5.41) is 0. The molecule has 2 aromatic rings. The summed E-state index contributed by atoms with van der Waals surface area (Å²) in [4.78, 5) is 0. The number of benzene rings is 2. The van der Waals surface area contributed by atoms with Gasteiger partial charge in [-0.25, -0.2) is 17.6 Å². The molecule has 2 N–H and O–H groups in total. The van der Waals surface area contributed by atoms with Gasteiger partial charge in [-0.15, -0.1) is 0 Å². The highest BCUT2D eigenvalue weighted by atomic mass is 79.9. The predicted octanol–water partition coefficient (Wildman–Crippen LogP) is 4.25. The molecule has 0 bridgehead atoms. The molecule has 0 aliphatic rings. The molecule has 0 radical (unpaired) electrons. The Bertz CT molecular complexity index is 622. The molecule has 1 unspecified atom stereocenters. The van der Waals surface area contributed by atoms with Crippen LogP contribution in [-0.4, -0.2) is 0 Å². The van der Waals surface area contributed by atoms with Gasteiger partial charge in [-0.2, -0.15) is 0 Å². The third kappa shape index (κ3) is 3.19. The Morgan fingerprint density at radius 1 is 0.950 bits per heavy atom. The van der Waals surface area contributed by atoms with Crippen molar-refractivity contribution in [2.45, 2.75) is 12.5 Å². The smallest absolute Gasteiger partial charge is 0.194 e. The Balaban J connectivity index is 2.28. The van der Waals surface area contributed by atoms with Crippen LogP contribution in [0.3, 0.4) is 0 Å². The molecule has 0 saturated heterocycles. The molecule has 1 nitrogen and oxygen atoms in total. The van der Waals surface area contributed by atoms with Gasteiger partial charge in [0.15, 0.2) is 17.5 Å². The molecule has 0 amide bonds. The summed E-state index contributed by atoms with van der Waals surface area (Å²) in [6.45, 7) is 0. The van der Waals surface area contributed by atoms with Crippen molar-refractivity contribution in [3.05, 3.63) is 69.2 Å². The molecule has 0 fully saturated rings. The lowest BCUT2D eigenvalue weighted by Crippen LogP contribution is -2.15. The fourth-order valence-electron chi connectivity index (χ4n) is 1.84. The third-order valence-corrected chi connectivity index (χ3v) is 3.38. The van der Waals surface area contributed by atoms with Crippen LogP contribution in [0, 0.1) is 23.3 Å². The average molecular weight is 348 g/mol. The molecule has 2 rings (SSSR count). The van der Waals surface area contributed by atoms with E-state index in [4.69, 9.17) is 5.73 Å². The number of hydrogen-bond donors (Lipinski definition) is 1. The topological polar surface area (TPSA) is 26.0 Å². The summed E-state index contributed by atoms with van der Waals surface area (Å²) >= 11 is 3.20. The van der Waals surface area contributed by atoms with Crippen molar-refractivity contribution in [1.29, 1.82) is 0 Å². The maximum absolute atomic E-state index is 13.6. The molecule has 0 aliphatic heterocycles. The SMILES string of the molecule is NC(Cc1cc(Br)ccc1F)c1cc(F)c(F)c(F)c1. The maximum Gasteiger partial charge on any atom is 0.194 e. The second-order valence-electron chi connectivity index (χ2n) is 4.34. The van der Waals surface area contributed by atoms with Crippen LogP contribution in [0.1, 0.15) is 17.2 Å². The molecule has 20 heavy (non-hydrogen) atoms. The van der Waals surface area contributed by atoms with Crippen LogP contribution < -0.4 is 5.73 Å². The van der Waals surface area contributed by atoms with Gasteiger partial charge in [0.25, 0.3) is 0 Å². The van der Waals surface area contributed by atoms with E-state index < -0.39 is 29.3 Å². The second kappa shape index (κ2) is 5.93. The van der Waals surface area contributed by atoms with Crippen molar-refractivity contribution in [2.75, 3.05) is 0 Å². The number of hydrogen-bond acceptors (Lipinski definition) is 1. The monoisotopic (exact) mass is 347 g/mol. The molecule has 0 heterocycles. The zero-order valence-corrected chi connectivity index (χ0v) is 11.7. The highest BCUT2D eigenvalue weighted by Gasteiger charge is 2.16. The first-order chi connectivity index (χ1) is 9.38. The minimum Gasteiger partial charge on any atom is -0.324 e. The van der Waals surface area contributed by atoms with Crippen LogP contribution in [0.4, 0.5) is 17.6 Å². The molecule has 0 aliphatic carbocycles. The van der Waals surface area contributed by atoms with E-state index in [2.05, 4.69) is 15.9 Å². The van der Waals surface area contributed by atoms with Gasteiger partial charge in [-0.05, 0) is 47.9 Å². The van der Waals surface area contributed by atoms with Crippen LogP contribution in [0.15, 0.2) is 34.8 Å². The number of nitrogens with two attached hydrogens (primary N) is 1. The summed E-state index contributed by atoms with van der Waals surface area (Å²) in [6.07, 6.45) is 0.0375. The van der Waals surface area contributed by atoms with Gasteiger partial charge in [0.2, 0.25) is 0 Å². The first-order valence-electron chi connectivity index (χ1n) is 5.72. The molecule has 0 aromatic heterocycles. The molecule has 0 spiro atoms. The van der Waals surface area contributed by atoms with Crippen LogP contribution in [0.5, 0.6) is 0 Å². The molecular formula is C14H10BrF4N. The standard InChI is InChI=1S/C14H10BrF4N/c15-9-1-2-10(16)7(3-9)6-13(20)8-4-11(17)14(19)12(18)5-8/h1-5,13H,6,20H2. The van der Waals surface area contributed by atoms with Gasteiger partial charge >= 0.3 is 0 Å². The van der Waals surface area contributed by atoms with Gasteiger partial charge < -0.3 is 5.73 Å². The minimum absolute atomic E-state index is 0.0375. The Morgan fingerprint density at radius 3 is 2.15 bits per heavy atom. The maximum atomic E-state index is 13.6. The van der Waals surface area contributed by atoms with E-state index in [0.717, 1.165) is 12.1 Å². The average Bonchev–Trinajstić information content (AvgIpc) is 2.39. The number of rotatable bonds is 3. The van der Waals surface area contributed by atoms with Crippen molar-refractivity contribution < 1.29 is 17.6 Å². The lowest BCUT2D eigenvalue weighted by atomic mass is 9.99. The molecule has 6 heteroatoms. The van der Waals surface area contributed by atoms with Gasteiger partial charge in [0, 0.05) is 10.5 Å². The first-order valence-corrected chi connectivity index (χ1v) is 6.51. The van der Waals surface area contributed by atoms with Crippen LogP contribution in [0.2, 0.25) is 0 Å². The van der Waals surface area contributed by atoms with E-state index in [1.807, 2.05) is 0 Å². The molecule has 106 valence electrons. The van der Waals surface area contributed by atoms with Crippen LogP contribution in [0.25, 0.3) is 0 Å². The predicted molar refractivity (Wildman–Crippen MR) is 71.0 cm³/mol. The van der Waals surface area contributed by atoms with E-state index in [9.17, 15) is 17.6 Å². The zero-order valence-electron chi connectivity index (χ0n) is 10.1. The highest BCUT2D eigenvalue weighted by molar-refractivity contribution is 9.10. The van der Waals surface area contributed by atoms with E-state index >= 15 is 0 Å². The van der Waals surface area contributed by atoms with E-state index in [1.54, 1.807) is 0 Å². The summed E-state index contributed by atoms with van der Waals surface area (Å²) in [5.41, 5.74) is 6.17. The Hall–Kier alpha value is -1.40. The normalized spacial score (nSPS) is 12.5. The zero-order chi connectivity index (χ0) is 14.9. The second-order valence-corrected chi connectivity index (χ2v) is 5.26. The van der Waals surface area contributed by atoms with Gasteiger partial charge in [-0.3, -0.25) is 0 Å². The molecule has 2 aromatic carbocycles. The largest absolute Gasteiger partial charge is 0.324 e. The van der Waals surface area contributed by atoms with Crippen molar-refractivity contribution in [3.63, 3.8) is 0 Å². The third-order valence-electron chi connectivity index (χ3n) is 2.88. The Morgan fingerprint density at radius 2 is 1.55 bits per heavy atom. The fraction of sp³-hybridized carbons (Fsp3) is 0.143. The molecule has 0 saturated carbocycles. The minimum atomic E-state index is -1.55. The highest BCUT2D eigenvalue weighted by Crippen LogP contribution is 2.23. The van der Waals surface area contributed by atoms with Crippen molar-refractivity contribution >= 4 is 15.9 Å². The lowest BCUT2D eigenvalue weighted by molar-refractivity contribution is 0.443. The van der Waals surface area contributed by atoms with Crippen LogP contribution in [-0.2, 0) is 6.42 Å². The van der Waals surface area contributed by atoms with E-state index in [1.165, 1.54) is 18.2 Å². The Kier molecular flexibility index (Phi) is 4.45. The quantitative estimate of drug-likeness (QED) is 0.651. The first kappa shape index (κ1) is 15.0. The Labute approximate surface area is 121 Å². The van der Waals surface area contributed by atoms with Crippen LogP contribution >= 0.6 is 15.9 Å². The van der Waals surface area contributed by atoms with E-state index in [0.29, 0.717) is 10.0 Å². The summed E-state index contributed by atoms with van der Waals surface area (Å²) in [5.74, 6) is -4.64. The van der Waals surface area contributed by atoms with Crippen molar-refractivity contribution in [2.24, 2.45) is 5.73 Å². The van der Waals surface area contributed by atoms with Gasteiger partial charge in [0.05, 0.1) is 0 Å². The molecular weight excluding hydrogens is 338 g/mol. The molecule has 1 atom stereocenters. The van der Waals surface area contributed by atoms with Gasteiger partial charge in [-0.1, -0.05) is 15.9 Å². The lowest BCUT2D eigenvalue weighted by Gasteiger charge is -2.13.